The highest BCUT2D eigenvalue weighted by molar-refractivity contribution is 9.10. The van der Waals surface area contributed by atoms with Crippen molar-refractivity contribution in [1.29, 1.82) is 0 Å². The summed E-state index contributed by atoms with van der Waals surface area (Å²) in [6.07, 6.45) is 4.33. The Bertz CT molecular complexity index is 1840. The molecule has 0 unspecified atom stereocenters. The van der Waals surface area contributed by atoms with Gasteiger partial charge in [-0.1, -0.05) is 19.3 Å². The molecule has 0 saturated heterocycles. The second-order valence-corrected chi connectivity index (χ2v) is 15.9. The van der Waals surface area contributed by atoms with Crippen molar-refractivity contribution >= 4 is 63.2 Å². The maximum absolute atomic E-state index is 13.7. The first kappa shape index (κ1) is 44.7. The first-order valence-electron chi connectivity index (χ1n) is 18.9. The van der Waals surface area contributed by atoms with Crippen LogP contribution < -0.4 is 29.9 Å². The van der Waals surface area contributed by atoms with Gasteiger partial charge in [0, 0.05) is 42.7 Å². The minimum atomic E-state index is -1.07. The lowest BCUT2D eigenvalue weighted by atomic mass is 9.92. The van der Waals surface area contributed by atoms with Gasteiger partial charge < -0.3 is 49.0 Å². The van der Waals surface area contributed by atoms with Gasteiger partial charge in [-0.2, -0.15) is 0 Å². The number of carbonyl (C=O) groups excluding carboxylic acids is 6. The number of anilines is 2. The number of alkyl carbamates (subject to hydrolysis) is 2. The predicted molar refractivity (Wildman–Crippen MR) is 215 cm³/mol. The van der Waals surface area contributed by atoms with Crippen LogP contribution in [0.3, 0.4) is 0 Å². The Kier molecular flexibility index (Phi) is 14.8. The Morgan fingerprint density at radius 3 is 1.79 bits per heavy atom. The number of fused-ring (bicyclic) bond motifs is 2. The fraction of sp³-hybridized carbons (Fsp3) is 0.550. The molecule has 1 aliphatic carbocycles. The monoisotopic (exact) mass is 859 g/mol. The third kappa shape index (κ3) is 10.5. The summed E-state index contributed by atoms with van der Waals surface area (Å²) in [5.74, 6) is -0.0987. The summed E-state index contributed by atoms with van der Waals surface area (Å²) in [6, 6.07) is 8.49. The quantitative estimate of drug-likeness (QED) is 0.217. The first-order chi connectivity index (χ1) is 26.9. The molecule has 0 radical (unpaired) electrons. The minimum absolute atomic E-state index is 0.0562. The van der Waals surface area contributed by atoms with Crippen LogP contribution in [-0.4, -0.2) is 112 Å². The van der Waals surface area contributed by atoms with E-state index >= 15 is 0 Å². The Hall–Kier alpha value is -5.06. The van der Waals surface area contributed by atoms with Gasteiger partial charge in [0.05, 0.1) is 43.8 Å². The van der Waals surface area contributed by atoms with Crippen LogP contribution in [0.4, 0.5) is 21.0 Å². The third-order valence-electron chi connectivity index (χ3n) is 9.83. The van der Waals surface area contributed by atoms with Crippen LogP contribution in [0.5, 0.6) is 11.5 Å². The lowest BCUT2D eigenvalue weighted by Crippen LogP contribution is -2.54. The molecule has 0 bridgehead atoms. The smallest absolute Gasteiger partial charge is 0.406 e. The summed E-state index contributed by atoms with van der Waals surface area (Å²) in [7, 11) is 3.83. The van der Waals surface area contributed by atoms with E-state index < -0.39 is 29.4 Å². The molecular weight excluding hydrogens is 806 g/mol. The molecule has 2 aliphatic heterocycles. The van der Waals surface area contributed by atoms with Gasteiger partial charge in [-0.05, 0) is 101 Å². The maximum atomic E-state index is 13.7. The van der Waals surface area contributed by atoms with E-state index in [9.17, 15) is 28.8 Å². The van der Waals surface area contributed by atoms with Crippen molar-refractivity contribution in [3.05, 3.63) is 45.9 Å². The van der Waals surface area contributed by atoms with Crippen LogP contribution in [0.25, 0.3) is 0 Å². The van der Waals surface area contributed by atoms with E-state index in [2.05, 4.69) is 36.0 Å². The second kappa shape index (κ2) is 18.9. The number of halogens is 1. The molecule has 2 aromatic carbocycles. The summed E-state index contributed by atoms with van der Waals surface area (Å²) in [4.78, 5) is 78.9. The zero-order valence-corrected chi connectivity index (χ0v) is 35.7. The fourth-order valence-corrected chi connectivity index (χ4v) is 7.51. The van der Waals surface area contributed by atoms with E-state index in [-0.39, 0.29) is 56.0 Å². The molecule has 5 amide bonds. The van der Waals surface area contributed by atoms with E-state index in [4.69, 9.17) is 14.2 Å². The molecule has 2 heterocycles. The average Bonchev–Trinajstić information content (AvgIpc) is 3.17. The Balaban J connectivity index is 0.000000266. The molecule has 57 heavy (non-hydrogen) atoms. The van der Waals surface area contributed by atoms with Gasteiger partial charge in [0.15, 0.2) is 11.2 Å². The van der Waals surface area contributed by atoms with Crippen LogP contribution in [-0.2, 0) is 23.8 Å². The number of carbonyl (C=O) groups is 6. The molecule has 312 valence electrons. The fourth-order valence-electron chi connectivity index (χ4n) is 7.01. The highest BCUT2D eigenvalue weighted by Crippen LogP contribution is 2.42. The van der Waals surface area contributed by atoms with Crippen molar-refractivity contribution in [2.45, 2.75) is 96.9 Å². The van der Waals surface area contributed by atoms with E-state index in [0.29, 0.717) is 38.5 Å². The number of nitrogens with zero attached hydrogens (tertiary/aromatic N) is 3. The summed E-state index contributed by atoms with van der Waals surface area (Å²) in [5, 5.41) is 5.12. The van der Waals surface area contributed by atoms with E-state index in [1.165, 1.54) is 38.7 Å². The highest BCUT2D eigenvalue weighted by atomic mass is 79.9. The maximum Gasteiger partial charge on any atom is 0.406 e. The molecule has 5 rings (SSSR count). The van der Waals surface area contributed by atoms with Gasteiger partial charge in [-0.15, -0.1) is 0 Å². The van der Waals surface area contributed by atoms with Crippen molar-refractivity contribution in [2.24, 2.45) is 0 Å². The van der Waals surface area contributed by atoms with Crippen LogP contribution in [0.15, 0.2) is 34.8 Å². The number of nitrogens with one attached hydrogen (secondary N) is 2. The van der Waals surface area contributed by atoms with E-state index in [0.717, 1.165) is 25.7 Å². The lowest BCUT2D eigenvalue weighted by Gasteiger charge is -2.40. The Morgan fingerprint density at radius 2 is 1.30 bits per heavy atom. The van der Waals surface area contributed by atoms with Gasteiger partial charge >= 0.3 is 18.2 Å². The zero-order chi connectivity index (χ0) is 42.2. The van der Waals surface area contributed by atoms with Gasteiger partial charge in [-0.3, -0.25) is 14.4 Å². The standard InChI is InChI=1S/C24H34BrN3O5.C16H20N2O6/c1-15(2)28(16-9-7-6-8-10-16)21(29)17-13-19-20(14-18(17)25)33-24(3,4)22(30)27(19)12-11-26-23(31)32-5;1-16(2)14(20)18(8-7-17-15(21)23-4)11-9-10(13(19)22-3)5-6-12(11)24-16/h13-16H,6-12H2,1-5H3,(H,26,31);5-6,9H,7-8H2,1-4H3,(H,17,21). The summed E-state index contributed by atoms with van der Waals surface area (Å²) in [6.45, 7) is 11.6. The van der Waals surface area contributed by atoms with E-state index in [1.807, 2.05) is 18.7 Å². The Morgan fingerprint density at radius 1 is 0.789 bits per heavy atom. The van der Waals surface area contributed by atoms with Gasteiger partial charge in [-0.25, -0.2) is 14.4 Å². The van der Waals surface area contributed by atoms with Crippen molar-refractivity contribution in [3.63, 3.8) is 0 Å². The number of methoxy groups -OCH3 is 3. The molecule has 3 aliphatic rings. The number of amides is 5. The summed E-state index contributed by atoms with van der Waals surface area (Å²) < 4.78 is 26.2. The molecule has 1 fully saturated rings. The molecule has 16 nitrogen and oxygen atoms in total. The van der Waals surface area contributed by atoms with Crippen LogP contribution in [0.1, 0.15) is 94.4 Å². The minimum Gasteiger partial charge on any atom is -0.476 e. The number of benzene rings is 2. The van der Waals surface area contributed by atoms with Crippen molar-refractivity contribution in [3.8, 4) is 11.5 Å². The molecule has 1 saturated carbocycles. The SMILES string of the molecule is COC(=O)NCCN1C(=O)C(C)(C)Oc2cc(Br)c(C(=O)N(C(C)C)C3CCCCC3)cc21.COC(=O)NCCN1C(=O)C(C)(C)Oc2ccc(C(=O)OC)cc21. The topological polar surface area (TPSA) is 182 Å². The van der Waals surface area contributed by atoms with Gasteiger partial charge in [0.25, 0.3) is 17.7 Å². The summed E-state index contributed by atoms with van der Waals surface area (Å²) in [5.41, 5.74) is -0.354. The highest BCUT2D eigenvalue weighted by Gasteiger charge is 2.43. The molecule has 0 aromatic heterocycles. The molecule has 17 heteroatoms. The number of ether oxygens (including phenoxy) is 5. The Labute approximate surface area is 341 Å². The van der Waals surface area contributed by atoms with Crippen molar-refractivity contribution in [1.82, 2.24) is 15.5 Å². The number of esters is 1. The number of rotatable bonds is 10. The van der Waals surface area contributed by atoms with Gasteiger partial charge in [0.2, 0.25) is 0 Å². The number of hydrogen-bond donors (Lipinski definition) is 2. The normalized spacial score (nSPS) is 16.8. The molecule has 0 atom stereocenters. The molecule has 0 spiro atoms. The lowest BCUT2D eigenvalue weighted by molar-refractivity contribution is -0.133. The molecule has 2 aromatic rings. The number of hydrogen-bond acceptors (Lipinski definition) is 11. The van der Waals surface area contributed by atoms with Crippen LogP contribution in [0, 0.1) is 0 Å². The van der Waals surface area contributed by atoms with Gasteiger partial charge in [0.1, 0.15) is 11.5 Å². The zero-order valence-electron chi connectivity index (χ0n) is 34.1. The van der Waals surface area contributed by atoms with Crippen LogP contribution in [0.2, 0.25) is 0 Å². The van der Waals surface area contributed by atoms with E-state index in [1.54, 1.807) is 56.9 Å². The second-order valence-electron chi connectivity index (χ2n) is 15.0. The molecular formula is C40H54BrN5O11. The van der Waals surface area contributed by atoms with Crippen molar-refractivity contribution in [2.75, 3.05) is 57.3 Å². The summed E-state index contributed by atoms with van der Waals surface area (Å²) >= 11 is 3.57. The third-order valence-corrected chi connectivity index (χ3v) is 10.5. The average molecular weight is 861 g/mol. The largest absolute Gasteiger partial charge is 0.476 e. The predicted octanol–water partition coefficient (Wildman–Crippen LogP) is 5.83. The first-order valence-corrected chi connectivity index (χ1v) is 19.7. The van der Waals surface area contributed by atoms with Crippen molar-refractivity contribution < 1.29 is 52.5 Å². The van der Waals surface area contributed by atoms with Crippen LogP contribution >= 0.6 is 15.9 Å². The molecule has 2 N–H and O–H groups in total.